The van der Waals surface area contributed by atoms with Crippen LogP contribution in [0.3, 0.4) is 0 Å². The minimum Gasteiger partial charge on any atom is -0.319 e. The molecule has 0 heterocycles. The van der Waals surface area contributed by atoms with E-state index in [-0.39, 0.29) is 5.56 Å². The number of alkyl halides is 5. The summed E-state index contributed by atoms with van der Waals surface area (Å²) in [5, 5.41) is 0. The topological polar surface area (TPSA) is 26.0 Å². The third-order valence-corrected chi connectivity index (χ3v) is 3.15. The normalized spacial score (nSPS) is 14.0. The zero-order valence-electron chi connectivity index (χ0n) is 10.7. The lowest BCUT2D eigenvalue weighted by molar-refractivity contribution is -0.291. The van der Waals surface area contributed by atoms with Crippen LogP contribution in [0.4, 0.5) is 22.0 Å². The van der Waals surface area contributed by atoms with Crippen LogP contribution in [0.1, 0.15) is 11.6 Å². The summed E-state index contributed by atoms with van der Waals surface area (Å²) in [6.07, 6.45) is -5.68. The van der Waals surface area contributed by atoms with Crippen molar-refractivity contribution >= 4 is 0 Å². The minimum absolute atomic E-state index is 0.267. The van der Waals surface area contributed by atoms with Crippen molar-refractivity contribution in [1.82, 2.24) is 0 Å². The molecule has 0 aliphatic rings. The van der Waals surface area contributed by atoms with Gasteiger partial charge in [0.15, 0.2) is 0 Å². The van der Waals surface area contributed by atoms with Crippen LogP contribution in [0.2, 0.25) is 0 Å². The third-order valence-electron chi connectivity index (χ3n) is 3.15. The van der Waals surface area contributed by atoms with Crippen molar-refractivity contribution in [3.8, 4) is 11.1 Å². The smallest absolute Gasteiger partial charge is 0.319 e. The predicted molar refractivity (Wildman–Crippen MR) is 69.8 cm³/mol. The highest BCUT2D eigenvalue weighted by Gasteiger charge is 2.61. The van der Waals surface area contributed by atoms with E-state index in [4.69, 9.17) is 5.73 Å². The fourth-order valence-corrected chi connectivity index (χ4v) is 1.90. The van der Waals surface area contributed by atoms with E-state index in [0.29, 0.717) is 5.56 Å². The van der Waals surface area contributed by atoms with Crippen LogP contribution in [-0.2, 0) is 0 Å². The van der Waals surface area contributed by atoms with Crippen molar-refractivity contribution < 1.29 is 22.0 Å². The van der Waals surface area contributed by atoms with Crippen molar-refractivity contribution in [3.63, 3.8) is 0 Å². The van der Waals surface area contributed by atoms with E-state index in [1.165, 1.54) is 24.3 Å². The Bertz CT molecular complexity index is 590. The van der Waals surface area contributed by atoms with Gasteiger partial charge in [-0.2, -0.15) is 22.0 Å². The van der Waals surface area contributed by atoms with Gasteiger partial charge < -0.3 is 5.73 Å². The summed E-state index contributed by atoms with van der Waals surface area (Å²) in [4.78, 5) is 0. The molecule has 0 aromatic heterocycles. The SMILES string of the molecule is N[C@H](c1ccc(-c2ccccc2)cc1)C(F)(F)C(F)(F)F. The molecule has 2 aromatic rings. The summed E-state index contributed by atoms with van der Waals surface area (Å²) in [5.41, 5.74) is 6.35. The third kappa shape index (κ3) is 3.05. The molecule has 0 saturated carbocycles. The average molecular weight is 301 g/mol. The average Bonchev–Trinajstić information content (AvgIpc) is 2.46. The van der Waals surface area contributed by atoms with Crippen molar-refractivity contribution in [3.05, 3.63) is 60.2 Å². The van der Waals surface area contributed by atoms with Gasteiger partial charge >= 0.3 is 12.1 Å². The van der Waals surface area contributed by atoms with Gasteiger partial charge in [-0.15, -0.1) is 0 Å². The molecule has 21 heavy (non-hydrogen) atoms. The van der Waals surface area contributed by atoms with Crippen LogP contribution >= 0.6 is 0 Å². The summed E-state index contributed by atoms with van der Waals surface area (Å²) in [7, 11) is 0. The molecule has 0 fully saturated rings. The van der Waals surface area contributed by atoms with Crippen LogP contribution in [-0.4, -0.2) is 12.1 Å². The van der Waals surface area contributed by atoms with E-state index < -0.39 is 18.1 Å². The van der Waals surface area contributed by atoms with Crippen LogP contribution in [0.15, 0.2) is 54.6 Å². The predicted octanol–water partition coefficient (Wildman–Crippen LogP) is 4.55. The van der Waals surface area contributed by atoms with Crippen LogP contribution < -0.4 is 5.73 Å². The lowest BCUT2D eigenvalue weighted by atomic mass is 9.97. The Kier molecular flexibility index (Phi) is 4.00. The van der Waals surface area contributed by atoms with Gasteiger partial charge in [0.1, 0.15) is 6.04 Å². The van der Waals surface area contributed by atoms with Crippen LogP contribution in [0.5, 0.6) is 0 Å². The Balaban J connectivity index is 2.27. The molecule has 1 nitrogen and oxygen atoms in total. The van der Waals surface area contributed by atoms with E-state index in [2.05, 4.69) is 0 Å². The number of halogens is 5. The molecule has 0 aliphatic heterocycles. The lowest BCUT2D eigenvalue weighted by Gasteiger charge is -2.26. The van der Waals surface area contributed by atoms with Crippen LogP contribution in [0.25, 0.3) is 11.1 Å². The molecule has 1 atom stereocenters. The summed E-state index contributed by atoms with van der Waals surface area (Å²) >= 11 is 0. The molecular formula is C15H12F5N. The summed E-state index contributed by atoms with van der Waals surface area (Å²) in [5.74, 6) is -4.97. The number of benzene rings is 2. The van der Waals surface area contributed by atoms with Gasteiger partial charge in [0, 0.05) is 0 Å². The molecule has 0 amide bonds. The maximum absolute atomic E-state index is 13.2. The fourth-order valence-electron chi connectivity index (χ4n) is 1.90. The fraction of sp³-hybridized carbons (Fsp3) is 0.200. The monoisotopic (exact) mass is 301 g/mol. The maximum Gasteiger partial charge on any atom is 0.455 e. The zero-order valence-corrected chi connectivity index (χ0v) is 10.7. The van der Waals surface area contributed by atoms with E-state index in [1.54, 1.807) is 24.3 Å². The molecule has 2 aromatic carbocycles. The first-order valence-electron chi connectivity index (χ1n) is 6.09. The van der Waals surface area contributed by atoms with Gasteiger partial charge in [-0.3, -0.25) is 0 Å². The number of hydrogen-bond acceptors (Lipinski definition) is 1. The maximum atomic E-state index is 13.2. The number of nitrogens with two attached hydrogens (primary N) is 1. The Morgan fingerprint density at radius 1 is 0.714 bits per heavy atom. The molecule has 0 saturated heterocycles. The lowest BCUT2D eigenvalue weighted by Crippen LogP contribution is -2.45. The molecule has 0 aliphatic carbocycles. The molecule has 0 spiro atoms. The van der Waals surface area contributed by atoms with Gasteiger partial charge in [0.25, 0.3) is 0 Å². The highest BCUT2D eigenvalue weighted by molar-refractivity contribution is 5.63. The van der Waals surface area contributed by atoms with E-state index in [9.17, 15) is 22.0 Å². The second-order valence-electron chi connectivity index (χ2n) is 4.59. The number of hydrogen-bond donors (Lipinski definition) is 1. The van der Waals surface area contributed by atoms with Crippen molar-refractivity contribution in [2.75, 3.05) is 0 Å². The Morgan fingerprint density at radius 3 is 1.67 bits per heavy atom. The first kappa shape index (κ1) is 15.4. The van der Waals surface area contributed by atoms with Crippen molar-refractivity contribution in [2.24, 2.45) is 5.73 Å². The van der Waals surface area contributed by atoms with E-state index in [0.717, 1.165) is 5.56 Å². The second kappa shape index (κ2) is 5.44. The van der Waals surface area contributed by atoms with Crippen LogP contribution in [0, 0.1) is 0 Å². The molecule has 0 unspecified atom stereocenters. The standard InChI is InChI=1S/C15H12F5N/c16-14(17,15(18,19)20)13(21)12-8-6-11(7-9-12)10-4-2-1-3-5-10/h1-9,13H,21H2/t13-/m1/s1. The Morgan fingerprint density at radius 2 is 1.19 bits per heavy atom. The van der Waals surface area contributed by atoms with Gasteiger partial charge in [-0.05, 0) is 16.7 Å². The minimum atomic E-state index is -5.68. The van der Waals surface area contributed by atoms with Gasteiger partial charge in [-0.1, -0.05) is 54.6 Å². The van der Waals surface area contributed by atoms with E-state index >= 15 is 0 Å². The second-order valence-corrected chi connectivity index (χ2v) is 4.59. The zero-order chi connectivity index (χ0) is 15.7. The quantitative estimate of drug-likeness (QED) is 0.827. The molecule has 2 rings (SSSR count). The Labute approximate surface area is 118 Å². The number of rotatable bonds is 3. The highest BCUT2D eigenvalue weighted by Crippen LogP contribution is 2.43. The summed E-state index contributed by atoms with van der Waals surface area (Å²) in [6, 6.07) is 11.9. The largest absolute Gasteiger partial charge is 0.455 e. The molecule has 6 heteroatoms. The summed E-state index contributed by atoms with van der Waals surface area (Å²) in [6.45, 7) is 0. The molecule has 2 N–H and O–H groups in total. The molecule has 0 radical (unpaired) electrons. The van der Waals surface area contributed by atoms with Gasteiger partial charge in [0.05, 0.1) is 0 Å². The van der Waals surface area contributed by atoms with Crippen molar-refractivity contribution in [1.29, 1.82) is 0 Å². The Hall–Kier alpha value is -1.95. The first-order chi connectivity index (χ1) is 9.73. The summed E-state index contributed by atoms with van der Waals surface area (Å²) < 4.78 is 63.2. The van der Waals surface area contributed by atoms with Gasteiger partial charge in [0.2, 0.25) is 0 Å². The highest BCUT2D eigenvalue weighted by atomic mass is 19.4. The van der Waals surface area contributed by atoms with Gasteiger partial charge in [-0.25, -0.2) is 0 Å². The van der Waals surface area contributed by atoms with Crippen molar-refractivity contribution in [2.45, 2.75) is 18.1 Å². The first-order valence-corrected chi connectivity index (χ1v) is 6.09. The van der Waals surface area contributed by atoms with E-state index in [1.807, 2.05) is 6.07 Å². The molecule has 0 bridgehead atoms. The molecular weight excluding hydrogens is 289 g/mol. The molecule has 112 valence electrons.